The lowest BCUT2D eigenvalue weighted by atomic mass is 9.84. The van der Waals surface area contributed by atoms with E-state index in [1.165, 1.54) is 0 Å². The van der Waals surface area contributed by atoms with Crippen molar-refractivity contribution >= 4 is 0 Å². The van der Waals surface area contributed by atoms with E-state index in [0.29, 0.717) is 6.54 Å². The highest BCUT2D eigenvalue weighted by molar-refractivity contribution is 5.16. The van der Waals surface area contributed by atoms with Crippen LogP contribution in [0.4, 0.5) is 0 Å². The standard InChI is InChI=1S/C10H16N2O2/c11-9(8-2-5-14-6-8)10(13)3-1-4-12-7-10/h2,5-6,9,12-13H,1,3-4,7,11H2. The van der Waals surface area contributed by atoms with Gasteiger partial charge in [0.15, 0.2) is 0 Å². The van der Waals surface area contributed by atoms with Crippen LogP contribution in [0.25, 0.3) is 0 Å². The number of rotatable bonds is 2. The Hall–Kier alpha value is -0.840. The van der Waals surface area contributed by atoms with Crippen LogP contribution < -0.4 is 11.1 Å². The molecule has 14 heavy (non-hydrogen) atoms. The smallest absolute Gasteiger partial charge is 0.0964 e. The topological polar surface area (TPSA) is 71.4 Å². The number of hydrogen-bond acceptors (Lipinski definition) is 4. The Morgan fingerprint density at radius 3 is 3.07 bits per heavy atom. The summed E-state index contributed by atoms with van der Waals surface area (Å²) in [6, 6.07) is 1.44. The van der Waals surface area contributed by atoms with Crippen molar-refractivity contribution in [2.24, 2.45) is 5.73 Å². The fourth-order valence-electron chi connectivity index (χ4n) is 1.94. The molecule has 0 aromatic carbocycles. The Labute approximate surface area is 83.1 Å². The van der Waals surface area contributed by atoms with Crippen molar-refractivity contribution in [1.29, 1.82) is 0 Å². The van der Waals surface area contributed by atoms with Crippen molar-refractivity contribution in [3.8, 4) is 0 Å². The minimum Gasteiger partial charge on any atom is -0.472 e. The number of aliphatic hydroxyl groups is 1. The van der Waals surface area contributed by atoms with Crippen LogP contribution >= 0.6 is 0 Å². The molecule has 4 N–H and O–H groups in total. The Morgan fingerprint density at radius 2 is 2.50 bits per heavy atom. The number of hydrogen-bond donors (Lipinski definition) is 3. The maximum absolute atomic E-state index is 10.3. The van der Waals surface area contributed by atoms with Crippen LogP contribution in [0.1, 0.15) is 24.4 Å². The molecule has 0 amide bonds. The summed E-state index contributed by atoms with van der Waals surface area (Å²) in [4.78, 5) is 0. The molecule has 2 rings (SSSR count). The molecule has 1 aromatic heterocycles. The number of β-amino-alcohol motifs (C(OH)–C–C–N with tert-alkyl or cyclic N) is 1. The van der Waals surface area contributed by atoms with Crippen LogP contribution in [0.3, 0.4) is 0 Å². The minimum absolute atomic E-state index is 0.367. The van der Waals surface area contributed by atoms with Crippen LogP contribution in [0.5, 0.6) is 0 Å². The molecule has 2 unspecified atom stereocenters. The predicted molar refractivity (Wildman–Crippen MR) is 52.7 cm³/mol. The monoisotopic (exact) mass is 196 g/mol. The van der Waals surface area contributed by atoms with Gasteiger partial charge in [-0.25, -0.2) is 0 Å². The molecule has 1 aliphatic rings. The van der Waals surface area contributed by atoms with E-state index in [1.54, 1.807) is 18.6 Å². The Bertz CT molecular complexity index is 278. The molecule has 2 heterocycles. The first kappa shape index (κ1) is 9.71. The highest BCUT2D eigenvalue weighted by Crippen LogP contribution is 2.29. The zero-order valence-electron chi connectivity index (χ0n) is 8.07. The number of furan rings is 1. The fraction of sp³-hybridized carbons (Fsp3) is 0.600. The summed E-state index contributed by atoms with van der Waals surface area (Å²) in [5.74, 6) is 0. The lowest BCUT2D eigenvalue weighted by Crippen LogP contribution is -2.52. The second kappa shape index (κ2) is 3.73. The Balaban J connectivity index is 2.13. The number of nitrogens with one attached hydrogen (secondary N) is 1. The molecule has 4 heteroatoms. The molecule has 1 aromatic rings. The molecule has 2 atom stereocenters. The SMILES string of the molecule is NC(c1ccoc1)C1(O)CCCNC1. The molecule has 0 radical (unpaired) electrons. The van der Waals surface area contributed by atoms with Gasteiger partial charge in [-0.15, -0.1) is 0 Å². The molecule has 1 fully saturated rings. The largest absolute Gasteiger partial charge is 0.472 e. The van der Waals surface area contributed by atoms with E-state index in [-0.39, 0.29) is 6.04 Å². The lowest BCUT2D eigenvalue weighted by molar-refractivity contribution is -0.00833. The van der Waals surface area contributed by atoms with E-state index in [0.717, 1.165) is 24.9 Å². The van der Waals surface area contributed by atoms with Crippen molar-refractivity contribution in [3.63, 3.8) is 0 Å². The van der Waals surface area contributed by atoms with Gasteiger partial charge in [-0.1, -0.05) is 0 Å². The van der Waals surface area contributed by atoms with E-state index >= 15 is 0 Å². The third kappa shape index (κ3) is 1.68. The van der Waals surface area contributed by atoms with E-state index in [2.05, 4.69) is 5.32 Å². The van der Waals surface area contributed by atoms with Crippen LogP contribution in [-0.2, 0) is 0 Å². The zero-order chi connectivity index (χ0) is 10.0. The predicted octanol–water partition coefficient (Wildman–Crippen LogP) is 0.394. The average Bonchev–Trinajstić information content (AvgIpc) is 2.70. The average molecular weight is 196 g/mol. The first-order valence-electron chi connectivity index (χ1n) is 4.93. The summed E-state index contributed by atoms with van der Waals surface area (Å²) in [5.41, 5.74) is 6.02. The summed E-state index contributed by atoms with van der Waals surface area (Å²) in [6.07, 6.45) is 4.88. The Morgan fingerprint density at radius 1 is 1.64 bits per heavy atom. The third-order valence-corrected chi connectivity index (χ3v) is 2.88. The second-order valence-corrected chi connectivity index (χ2v) is 3.92. The molecule has 0 spiro atoms. The molecule has 0 bridgehead atoms. The zero-order valence-corrected chi connectivity index (χ0v) is 8.07. The molecule has 1 aliphatic heterocycles. The summed E-state index contributed by atoms with van der Waals surface area (Å²) < 4.78 is 4.96. The molecule has 1 saturated heterocycles. The van der Waals surface area contributed by atoms with Crippen LogP contribution in [-0.4, -0.2) is 23.8 Å². The second-order valence-electron chi connectivity index (χ2n) is 3.92. The van der Waals surface area contributed by atoms with Gasteiger partial charge < -0.3 is 20.6 Å². The fourth-order valence-corrected chi connectivity index (χ4v) is 1.94. The maximum Gasteiger partial charge on any atom is 0.0964 e. The van der Waals surface area contributed by atoms with Gasteiger partial charge in [0, 0.05) is 12.1 Å². The summed E-state index contributed by atoms with van der Waals surface area (Å²) in [6.45, 7) is 1.51. The lowest BCUT2D eigenvalue weighted by Gasteiger charge is -2.37. The first-order valence-corrected chi connectivity index (χ1v) is 4.93. The number of nitrogens with two attached hydrogens (primary N) is 1. The van der Waals surface area contributed by atoms with E-state index in [1.807, 2.05) is 0 Å². The molecular formula is C10H16N2O2. The van der Waals surface area contributed by atoms with E-state index in [9.17, 15) is 5.11 Å². The van der Waals surface area contributed by atoms with Gasteiger partial charge >= 0.3 is 0 Å². The first-order chi connectivity index (χ1) is 6.72. The van der Waals surface area contributed by atoms with Crippen molar-refractivity contribution in [1.82, 2.24) is 5.32 Å². The van der Waals surface area contributed by atoms with E-state index in [4.69, 9.17) is 10.2 Å². The van der Waals surface area contributed by atoms with Crippen molar-refractivity contribution in [2.75, 3.05) is 13.1 Å². The molecule has 0 aliphatic carbocycles. The highest BCUT2D eigenvalue weighted by Gasteiger charge is 2.36. The quantitative estimate of drug-likeness (QED) is 0.640. The van der Waals surface area contributed by atoms with Crippen LogP contribution in [0.15, 0.2) is 23.0 Å². The maximum atomic E-state index is 10.3. The van der Waals surface area contributed by atoms with Crippen molar-refractivity contribution in [3.05, 3.63) is 24.2 Å². The number of piperidine rings is 1. The highest BCUT2D eigenvalue weighted by atomic mass is 16.3. The van der Waals surface area contributed by atoms with Crippen LogP contribution in [0.2, 0.25) is 0 Å². The normalized spacial score (nSPS) is 30.1. The summed E-state index contributed by atoms with van der Waals surface area (Å²) in [7, 11) is 0. The van der Waals surface area contributed by atoms with Gasteiger partial charge in [-0.2, -0.15) is 0 Å². The third-order valence-electron chi connectivity index (χ3n) is 2.88. The van der Waals surface area contributed by atoms with Crippen molar-refractivity contribution < 1.29 is 9.52 Å². The van der Waals surface area contributed by atoms with Gasteiger partial charge in [-0.05, 0) is 25.5 Å². The van der Waals surface area contributed by atoms with Gasteiger partial charge in [0.05, 0.1) is 24.2 Å². The Kier molecular flexibility index (Phi) is 2.58. The van der Waals surface area contributed by atoms with Crippen molar-refractivity contribution in [2.45, 2.75) is 24.5 Å². The van der Waals surface area contributed by atoms with Gasteiger partial charge in [0.1, 0.15) is 0 Å². The van der Waals surface area contributed by atoms with E-state index < -0.39 is 5.60 Å². The summed E-state index contributed by atoms with van der Waals surface area (Å²) >= 11 is 0. The summed E-state index contributed by atoms with van der Waals surface area (Å²) in [5, 5.41) is 13.4. The van der Waals surface area contributed by atoms with Gasteiger partial charge in [-0.3, -0.25) is 0 Å². The molecule has 78 valence electrons. The molecule has 4 nitrogen and oxygen atoms in total. The minimum atomic E-state index is -0.831. The van der Waals surface area contributed by atoms with Crippen LogP contribution in [0, 0.1) is 0 Å². The molecular weight excluding hydrogens is 180 g/mol. The van der Waals surface area contributed by atoms with Gasteiger partial charge in [0.2, 0.25) is 0 Å². The van der Waals surface area contributed by atoms with Gasteiger partial charge in [0.25, 0.3) is 0 Å². The molecule has 0 saturated carbocycles.